The molecule has 0 saturated carbocycles. The van der Waals surface area contributed by atoms with Gasteiger partial charge in [-0.2, -0.15) is 4.31 Å². The molecule has 1 heterocycles. The monoisotopic (exact) mass is 486 g/mol. The van der Waals surface area contributed by atoms with E-state index in [1.807, 2.05) is 31.2 Å². The highest BCUT2D eigenvalue weighted by Crippen LogP contribution is 2.26. The fourth-order valence-corrected chi connectivity index (χ4v) is 5.23. The molecule has 1 aliphatic heterocycles. The predicted molar refractivity (Wildman–Crippen MR) is 109 cm³/mol. The van der Waals surface area contributed by atoms with Crippen molar-refractivity contribution in [2.24, 2.45) is 5.92 Å². The SMILES string of the molecule is CC(NC(=O)C1CCN(S(=O)(=O)c2ccc(F)c(F)c2)CC1)c1cccc(Br)c1. The summed E-state index contributed by atoms with van der Waals surface area (Å²) in [6.45, 7) is 2.18. The molecule has 2 aromatic rings. The first-order valence-corrected chi connectivity index (χ1v) is 11.4. The van der Waals surface area contributed by atoms with Gasteiger partial charge in [0.2, 0.25) is 15.9 Å². The lowest BCUT2D eigenvalue weighted by Crippen LogP contribution is -2.43. The quantitative estimate of drug-likeness (QED) is 0.694. The fourth-order valence-electron chi connectivity index (χ4n) is 3.34. The number of carbonyl (C=O) groups excluding carboxylic acids is 1. The average Bonchev–Trinajstić information content (AvgIpc) is 2.70. The number of sulfonamides is 1. The number of piperidine rings is 1. The van der Waals surface area contributed by atoms with Crippen LogP contribution in [0.4, 0.5) is 8.78 Å². The standard InChI is InChI=1S/C20H21BrF2N2O3S/c1-13(15-3-2-4-16(21)11-15)24-20(26)14-7-9-25(10-8-14)29(27,28)17-5-6-18(22)19(23)12-17/h2-6,11-14H,7-10H2,1H3,(H,24,26). The van der Waals surface area contributed by atoms with Crippen molar-refractivity contribution in [3.05, 3.63) is 64.1 Å². The Hall–Kier alpha value is -1.84. The van der Waals surface area contributed by atoms with Gasteiger partial charge in [0.1, 0.15) is 0 Å². The van der Waals surface area contributed by atoms with Gasteiger partial charge in [-0.3, -0.25) is 4.79 Å². The highest BCUT2D eigenvalue weighted by Gasteiger charge is 2.33. The van der Waals surface area contributed by atoms with Crippen LogP contribution in [0.25, 0.3) is 0 Å². The Morgan fingerprint density at radius 2 is 1.83 bits per heavy atom. The molecule has 0 aromatic heterocycles. The van der Waals surface area contributed by atoms with E-state index in [1.165, 1.54) is 4.31 Å². The summed E-state index contributed by atoms with van der Waals surface area (Å²) in [5.41, 5.74) is 0.964. The fraction of sp³-hybridized carbons (Fsp3) is 0.350. The summed E-state index contributed by atoms with van der Waals surface area (Å²) < 4.78 is 53.9. The lowest BCUT2D eigenvalue weighted by atomic mass is 9.96. The Labute approximate surface area is 177 Å². The Morgan fingerprint density at radius 1 is 1.14 bits per heavy atom. The van der Waals surface area contributed by atoms with Crippen LogP contribution in [0.5, 0.6) is 0 Å². The Kier molecular flexibility index (Phi) is 6.70. The number of nitrogens with one attached hydrogen (secondary N) is 1. The Bertz CT molecular complexity index is 1010. The van der Waals surface area contributed by atoms with Gasteiger partial charge in [-0.1, -0.05) is 28.1 Å². The van der Waals surface area contributed by atoms with Crippen LogP contribution in [0, 0.1) is 17.6 Å². The van der Waals surface area contributed by atoms with Crippen LogP contribution >= 0.6 is 15.9 Å². The maximum absolute atomic E-state index is 13.4. The van der Waals surface area contributed by atoms with Gasteiger partial charge in [0.25, 0.3) is 0 Å². The molecular formula is C20H21BrF2N2O3S. The lowest BCUT2D eigenvalue weighted by Gasteiger charge is -2.31. The van der Waals surface area contributed by atoms with Crippen molar-refractivity contribution in [3.63, 3.8) is 0 Å². The third-order valence-corrected chi connectivity index (χ3v) is 7.45. The summed E-state index contributed by atoms with van der Waals surface area (Å²) in [7, 11) is -3.93. The number of rotatable bonds is 5. The largest absolute Gasteiger partial charge is 0.349 e. The second-order valence-corrected chi connectivity index (χ2v) is 9.89. The van der Waals surface area contributed by atoms with Gasteiger partial charge >= 0.3 is 0 Å². The summed E-state index contributed by atoms with van der Waals surface area (Å²) in [6.07, 6.45) is 0.722. The Balaban J connectivity index is 1.60. The molecule has 2 aromatic carbocycles. The van der Waals surface area contributed by atoms with Gasteiger partial charge in [-0.25, -0.2) is 17.2 Å². The molecular weight excluding hydrogens is 466 g/mol. The van der Waals surface area contributed by atoms with Gasteiger partial charge in [-0.05, 0) is 55.7 Å². The third kappa shape index (κ3) is 5.02. The molecule has 1 unspecified atom stereocenters. The van der Waals surface area contributed by atoms with Gasteiger partial charge in [0.15, 0.2) is 11.6 Å². The second-order valence-electron chi connectivity index (χ2n) is 7.04. The van der Waals surface area contributed by atoms with Crippen LogP contribution in [-0.4, -0.2) is 31.7 Å². The zero-order valence-corrected chi connectivity index (χ0v) is 18.1. The molecule has 1 aliphatic rings. The minimum absolute atomic E-state index is 0.123. The van der Waals surface area contributed by atoms with Gasteiger partial charge in [0.05, 0.1) is 10.9 Å². The van der Waals surface area contributed by atoms with Crippen molar-refractivity contribution in [1.82, 2.24) is 9.62 Å². The maximum Gasteiger partial charge on any atom is 0.243 e. The van der Waals surface area contributed by atoms with Crippen LogP contribution in [0.1, 0.15) is 31.4 Å². The third-order valence-electron chi connectivity index (χ3n) is 5.06. The number of amides is 1. The summed E-state index contributed by atoms with van der Waals surface area (Å²) in [5, 5.41) is 2.97. The summed E-state index contributed by atoms with van der Waals surface area (Å²) in [4.78, 5) is 12.3. The number of halogens is 3. The number of nitrogens with zero attached hydrogens (tertiary/aromatic N) is 1. The molecule has 1 N–H and O–H groups in total. The maximum atomic E-state index is 13.4. The molecule has 1 atom stereocenters. The van der Waals surface area contributed by atoms with Crippen molar-refractivity contribution in [1.29, 1.82) is 0 Å². The van der Waals surface area contributed by atoms with E-state index in [1.54, 1.807) is 0 Å². The van der Waals surface area contributed by atoms with Gasteiger partial charge in [-0.15, -0.1) is 0 Å². The zero-order chi connectivity index (χ0) is 21.2. The zero-order valence-electron chi connectivity index (χ0n) is 15.7. The molecule has 1 saturated heterocycles. The number of benzene rings is 2. The molecule has 0 aliphatic carbocycles. The van der Waals surface area contributed by atoms with E-state index < -0.39 is 21.7 Å². The van der Waals surface area contributed by atoms with Crippen molar-refractivity contribution < 1.29 is 22.0 Å². The molecule has 29 heavy (non-hydrogen) atoms. The minimum atomic E-state index is -3.93. The van der Waals surface area contributed by atoms with Crippen molar-refractivity contribution in [2.75, 3.05) is 13.1 Å². The molecule has 3 rings (SSSR count). The molecule has 156 valence electrons. The van der Waals surface area contributed by atoms with Crippen LogP contribution < -0.4 is 5.32 Å². The van der Waals surface area contributed by atoms with E-state index in [-0.39, 0.29) is 35.9 Å². The highest BCUT2D eigenvalue weighted by molar-refractivity contribution is 9.10. The number of hydrogen-bond donors (Lipinski definition) is 1. The van der Waals surface area contributed by atoms with E-state index >= 15 is 0 Å². The first-order valence-electron chi connectivity index (χ1n) is 9.19. The molecule has 1 amide bonds. The van der Waals surface area contributed by atoms with Crippen LogP contribution in [0.3, 0.4) is 0 Å². The lowest BCUT2D eigenvalue weighted by molar-refractivity contribution is -0.126. The van der Waals surface area contributed by atoms with Crippen LogP contribution in [0.2, 0.25) is 0 Å². The van der Waals surface area contributed by atoms with E-state index in [4.69, 9.17) is 0 Å². The van der Waals surface area contributed by atoms with Crippen LogP contribution in [-0.2, 0) is 14.8 Å². The van der Waals surface area contributed by atoms with Crippen molar-refractivity contribution in [2.45, 2.75) is 30.7 Å². The normalized spacial score (nSPS) is 17.1. The second kappa shape index (κ2) is 8.89. The van der Waals surface area contributed by atoms with Crippen molar-refractivity contribution >= 4 is 31.9 Å². The smallest absolute Gasteiger partial charge is 0.243 e. The van der Waals surface area contributed by atoms with Crippen LogP contribution in [0.15, 0.2) is 51.8 Å². The summed E-state index contributed by atoms with van der Waals surface area (Å²) in [5.74, 6) is -2.73. The number of carbonyl (C=O) groups is 1. The first kappa shape index (κ1) is 21.9. The van der Waals surface area contributed by atoms with E-state index in [0.717, 1.165) is 22.2 Å². The molecule has 0 bridgehead atoms. The molecule has 0 radical (unpaired) electrons. The number of hydrogen-bond acceptors (Lipinski definition) is 3. The van der Waals surface area contributed by atoms with E-state index in [2.05, 4.69) is 21.2 Å². The molecule has 9 heteroatoms. The first-order chi connectivity index (χ1) is 13.7. The van der Waals surface area contributed by atoms with E-state index in [0.29, 0.717) is 18.9 Å². The average molecular weight is 487 g/mol. The van der Waals surface area contributed by atoms with Crippen molar-refractivity contribution in [3.8, 4) is 0 Å². The van der Waals surface area contributed by atoms with E-state index in [9.17, 15) is 22.0 Å². The summed E-state index contributed by atoms with van der Waals surface area (Å²) in [6, 6.07) is 10.0. The molecule has 1 fully saturated rings. The predicted octanol–water partition coefficient (Wildman–Crippen LogP) is 4.01. The van der Waals surface area contributed by atoms with Gasteiger partial charge in [0, 0.05) is 23.5 Å². The summed E-state index contributed by atoms with van der Waals surface area (Å²) >= 11 is 3.41. The highest BCUT2D eigenvalue weighted by atomic mass is 79.9. The minimum Gasteiger partial charge on any atom is -0.349 e. The van der Waals surface area contributed by atoms with Gasteiger partial charge < -0.3 is 5.32 Å². The molecule has 5 nitrogen and oxygen atoms in total. The Morgan fingerprint density at radius 3 is 2.45 bits per heavy atom. The molecule has 0 spiro atoms. The topological polar surface area (TPSA) is 66.5 Å².